The molecule has 150 valence electrons. The van der Waals surface area contributed by atoms with Crippen LogP contribution in [0.3, 0.4) is 0 Å². The molecule has 3 rings (SSSR count). The minimum Gasteiger partial charge on any atom is -0.376 e. The molecule has 1 aromatic carbocycles. The highest BCUT2D eigenvalue weighted by Crippen LogP contribution is 2.13. The summed E-state index contributed by atoms with van der Waals surface area (Å²) in [6.07, 6.45) is 6.96. The van der Waals surface area contributed by atoms with Crippen LogP contribution in [0.15, 0.2) is 41.4 Å². The van der Waals surface area contributed by atoms with Crippen molar-refractivity contribution in [3.63, 3.8) is 0 Å². The van der Waals surface area contributed by atoms with Gasteiger partial charge in [-0.2, -0.15) is 0 Å². The van der Waals surface area contributed by atoms with Gasteiger partial charge in [-0.05, 0) is 37.8 Å². The molecule has 0 saturated carbocycles. The summed E-state index contributed by atoms with van der Waals surface area (Å²) in [5.41, 5.74) is 2.61. The summed E-state index contributed by atoms with van der Waals surface area (Å²) in [7, 11) is 0. The number of morpholine rings is 1. The Morgan fingerprint density at radius 3 is 2.78 bits per heavy atom. The van der Waals surface area contributed by atoms with E-state index in [0.717, 1.165) is 51.6 Å². The number of ether oxygens (including phenoxy) is 1. The average molecular weight is 484 g/mol. The lowest BCUT2D eigenvalue weighted by molar-refractivity contribution is -0.0212. The SMILES string of the molecule is CCNC(=NCc1cccc(CN2CCOC(C)C2)c1)NC1CC=CC1.I. The zero-order chi connectivity index (χ0) is 18.2. The predicted molar refractivity (Wildman–Crippen MR) is 123 cm³/mol. The number of nitrogens with one attached hydrogen (secondary N) is 2. The number of aliphatic imine (C=N–C) groups is 1. The van der Waals surface area contributed by atoms with Gasteiger partial charge in [-0.15, -0.1) is 24.0 Å². The van der Waals surface area contributed by atoms with Crippen LogP contribution >= 0.6 is 24.0 Å². The van der Waals surface area contributed by atoms with Crippen molar-refractivity contribution < 1.29 is 4.74 Å². The summed E-state index contributed by atoms with van der Waals surface area (Å²) in [6.45, 7) is 9.66. The lowest BCUT2D eigenvalue weighted by atomic mass is 10.1. The molecule has 1 unspecified atom stereocenters. The summed E-state index contributed by atoms with van der Waals surface area (Å²) in [6, 6.07) is 9.27. The maximum absolute atomic E-state index is 5.63. The van der Waals surface area contributed by atoms with Crippen molar-refractivity contribution in [2.24, 2.45) is 4.99 Å². The summed E-state index contributed by atoms with van der Waals surface area (Å²) in [5.74, 6) is 0.911. The molecule has 5 nitrogen and oxygen atoms in total. The fourth-order valence-corrected chi connectivity index (χ4v) is 3.54. The zero-order valence-corrected chi connectivity index (χ0v) is 18.8. The highest BCUT2D eigenvalue weighted by molar-refractivity contribution is 14.0. The first-order valence-corrected chi connectivity index (χ1v) is 9.84. The second kappa shape index (κ2) is 11.7. The molecule has 1 fully saturated rings. The Labute approximate surface area is 180 Å². The van der Waals surface area contributed by atoms with Gasteiger partial charge in [-0.3, -0.25) is 4.90 Å². The van der Waals surface area contributed by atoms with Crippen molar-refractivity contribution in [3.8, 4) is 0 Å². The van der Waals surface area contributed by atoms with Gasteiger partial charge in [0, 0.05) is 32.2 Å². The van der Waals surface area contributed by atoms with Crippen LogP contribution in [-0.4, -0.2) is 49.2 Å². The van der Waals surface area contributed by atoms with E-state index in [9.17, 15) is 0 Å². The molecular formula is C21H33IN4O. The van der Waals surface area contributed by atoms with Crippen molar-refractivity contribution in [1.29, 1.82) is 0 Å². The molecule has 1 aliphatic carbocycles. The van der Waals surface area contributed by atoms with Gasteiger partial charge in [-0.1, -0.05) is 36.4 Å². The fourth-order valence-electron chi connectivity index (χ4n) is 3.54. The van der Waals surface area contributed by atoms with Gasteiger partial charge in [0.15, 0.2) is 5.96 Å². The molecule has 2 aliphatic rings. The lowest BCUT2D eigenvalue weighted by Crippen LogP contribution is -2.42. The second-order valence-corrected chi connectivity index (χ2v) is 7.22. The van der Waals surface area contributed by atoms with Crippen LogP contribution < -0.4 is 10.6 Å². The van der Waals surface area contributed by atoms with Gasteiger partial charge in [0.2, 0.25) is 0 Å². The Kier molecular flexibility index (Phi) is 9.58. The Morgan fingerprint density at radius 2 is 2.04 bits per heavy atom. The molecule has 0 amide bonds. The fraction of sp³-hybridized carbons (Fsp3) is 0.571. The number of halogens is 1. The van der Waals surface area contributed by atoms with Crippen molar-refractivity contribution in [1.82, 2.24) is 15.5 Å². The quantitative estimate of drug-likeness (QED) is 0.282. The topological polar surface area (TPSA) is 48.9 Å². The zero-order valence-electron chi connectivity index (χ0n) is 16.5. The van der Waals surface area contributed by atoms with E-state index in [-0.39, 0.29) is 24.0 Å². The van der Waals surface area contributed by atoms with Crippen LogP contribution in [0.2, 0.25) is 0 Å². The first-order valence-electron chi connectivity index (χ1n) is 9.84. The van der Waals surface area contributed by atoms with E-state index in [1.807, 2.05) is 0 Å². The van der Waals surface area contributed by atoms with Crippen LogP contribution in [0, 0.1) is 0 Å². The van der Waals surface area contributed by atoms with Gasteiger partial charge in [-0.25, -0.2) is 4.99 Å². The van der Waals surface area contributed by atoms with Crippen LogP contribution in [0.5, 0.6) is 0 Å². The van der Waals surface area contributed by atoms with Crippen LogP contribution in [0.25, 0.3) is 0 Å². The number of nitrogens with zero attached hydrogens (tertiary/aromatic N) is 2. The summed E-state index contributed by atoms with van der Waals surface area (Å²) in [5, 5.41) is 6.88. The van der Waals surface area contributed by atoms with Crippen LogP contribution in [0.1, 0.15) is 37.8 Å². The number of rotatable bonds is 6. The smallest absolute Gasteiger partial charge is 0.191 e. The van der Waals surface area contributed by atoms with Gasteiger partial charge in [0.1, 0.15) is 0 Å². The first kappa shape index (κ1) is 22.2. The minimum atomic E-state index is 0. The van der Waals surface area contributed by atoms with E-state index in [1.165, 1.54) is 11.1 Å². The highest BCUT2D eigenvalue weighted by atomic mass is 127. The molecule has 2 N–H and O–H groups in total. The van der Waals surface area contributed by atoms with Gasteiger partial charge >= 0.3 is 0 Å². The predicted octanol–water partition coefficient (Wildman–Crippen LogP) is 3.30. The molecule has 1 aliphatic heterocycles. The summed E-state index contributed by atoms with van der Waals surface area (Å²) < 4.78 is 5.63. The van der Waals surface area contributed by atoms with E-state index < -0.39 is 0 Å². The van der Waals surface area contributed by atoms with Gasteiger partial charge < -0.3 is 15.4 Å². The van der Waals surface area contributed by atoms with Crippen LogP contribution in [-0.2, 0) is 17.8 Å². The molecule has 1 aromatic rings. The van der Waals surface area contributed by atoms with E-state index >= 15 is 0 Å². The molecule has 6 heteroatoms. The molecule has 0 bridgehead atoms. The third-order valence-corrected chi connectivity index (χ3v) is 4.84. The molecule has 0 spiro atoms. The standard InChI is InChI=1S/C21H32N4O.HI/c1-3-22-21(24-20-9-4-5-10-20)23-14-18-7-6-8-19(13-18)16-25-11-12-26-17(2)15-25;/h4-8,13,17,20H,3,9-12,14-16H2,1-2H3,(H2,22,23,24);1H. The Bertz CT molecular complexity index is 626. The Hall–Kier alpha value is -1.12. The van der Waals surface area contributed by atoms with E-state index in [4.69, 9.17) is 9.73 Å². The molecule has 1 atom stereocenters. The molecule has 1 saturated heterocycles. The number of hydrogen-bond acceptors (Lipinski definition) is 3. The maximum Gasteiger partial charge on any atom is 0.191 e. The van der Waals surface area contributed by atoms with Gasteiger partial charge in [0.05, 0.1) is 19.3 Å². The Morgan fingerprint density at radius 1 is 1.26 bits per heavy atom. The van der Waals surface area contributed by atoms with Crippen LogP contribution in [0.4, 0.5) is 0 Å². The van der Waals surface area contributed by atoms with E-state index in [2.05, 4.69) is 65.8 Å². The van der Waals surface area contributed by atoms with Crippen molar-refractivity contribution in [3.05, 3.63) is 47.5 Å². The summed E-state index contributed by atoms with van der Waals surface area (Å²) in [4.78, 5) is 7.25. The maximum atomic E-state index is 5.63. The third kappa shape index (κ3) is 7.43. The number of benzene rings is 1. The molecule has 27 heavy (non-hydrogen) atoms. The van der Waals surface area contributed by atoms with E-state index in [0.29, 0.717) is 18.7 Å². The molecule has 0 aromatic heterocycles. The third-order valence-electron chi connectivity index (χ3n) is 4.84. The molecule has 1 heterocycles. The lowest BCUT2D eigenvalue weighted by Gasteiger charge is -2.31. The number of hydrogen-bond donors (Lipinski definition) is 2. The van der Waals surface area contributed by atoms with E-state index in [1.54, 1.807) is 0 Å². The normalized spacial score (nSPS) is 21.1. The minimum absolute atomic E-state index is 0. The average Bonchev–Trinajstić information content (AvgIpc) is 3.13. The Balaban J connectivity index is 0.00000261. The van der Waals surface area contributed by atoms with Crippen molar-refractivity contribution in [2.45, 2.75) is 51.9 Å². The monoisotopic (exact) mass is 484 g/mol. The van der Waals surface area contributed by atoms with Crippen molar-refractivity contribution in [2.75, 3.05) is 26.2 Å². The first-order chi connectivity index (χ1) is 12.7. The second-order valence-electron chi connectivity index (χ2n) is 7.22. The van der Waals surface area contributed by atoms with Gasteiger partial charge in [0.25, 0.3) is 0 Å². The molecule has 0 radical (unpaired) electrons. The summed E-state index contributed by atoms with van der Waals surface area (Å²) >= 11 is 0. The number of guanidine groups is 1. The van der Waals surface area contributed by atoms with Crippen molar-refractivity contribution >= 4 is 29.9 Å². The highest BCUT2D eigenvalue weighted by Gasteiger charge is 2.16. The largest absolute Gasteiger partial charge is 0.376 e. The molecular weight excluding hydrogens is 451 g/mol.